The number of carbonyl (C=O) groups is 1. The second-order valence-corrected chi connectivity index (χ2v) is 11.6. The number of carbonyl (C=O) groups excluding carboxylic acids is 1. The largest absolute Gasteiger partial charge is 0.492 e. The number of ether oxygens (including phenoxy) is 1. The summed E-state index contributed by atoms with van der Waals surface area (Å²) in [5, 5.41) is 9.33. The van der Waals surface area contributed by atoms with Crippen molar-refractivity contribution in [2.75, 3.05) is 43.9 Å². The van der Waals surface area contributed by atoms with Crippen LogP contribution in [-0.4, -0.2) is 59.6 Å². The fourth-order valence-corrected chi connectivity index (χ4v) is 6.77. The predicted molar refractivity (Wildman–Crippen MR) is 142 cm³/mol. The van der Waals surface area contributed by atoms with Gasteiger partial charge in [0, 0.05) is 19.3 Å². The van der Waals surface area contributed by atoms with Gasteiger partial charge in [0.15, 0.2) is 11.6 Å². The molecule has 1 aliphatic heterocycles. The molecule has 2 bridgehead atoms. The molecule has 3 saturated carbocycles. The average Bonchev–Trinajstić information content (AvgIpc) is 3.40. The van der Waals surface area contributed by atoms with Gasteiger partial charge in [0.2, 0.25) is 11.9 Å². The van der Waals surface area contributed by atoms with Crippen LogP contribution in [0.25, 0.3) is 0 Å². The fraction of sp³-hybridized carbons (Fsp3) is 0.607. The number of benzene rings is 1. The monoisotopic (exact) mass is 510 g/mol. The fourth-order valence-electron chi connectivity index (χ4n) is 6.77. The highest BCUT2D eigenvalue weighted by molar-refractivity contribution is 5.81. The number of hydrogen-bond donors (Lipinski definition) is 3. The number of anilines is 3. The SMILES string of the molecule is CNC(=O)[C@H]1C[C@@H]2C[C@H](C2(C)C)[C@@]1(C)Nc1nc(Nc2ccc(OCCN3CCCC3)cc2)ncc1F. The topological polar surface area (TPSA) is 91.4 Å². The van der Waals surface area contributed by atoms with Crippen LogP contribution in [0, 0.1) is 29.0 Å². The van der Waals surface area contributed by atoms with Gasteiger partial charge in [0.05, 0.1) is 17.7 Å². The van der Waals surface area contributed by atoms with E-state index in [0.717, 1.165) is 43.9 Å². The predicted octanol–water partition coefficient (Wildman–Crippen LogP) is 4.43. The number of aromatic nitrogens is 2. The van der Waals surface area contributed by atoms with Gasteiger partial charge in [-0.3, -0.25) is 9.69 Å². The number of fused-ring (bicyclic) bond motifs is 2. The van der Waals surface area contributed by atoms with Gasteiger partial charge in [-0.25, -0.2) is 9.37 Å². The maximum Gasteiger partial charge on any atom is 0.229 e. The van der Waals surface area contributed by atoms with Crippen LogP contribution in [0.1, 0.15) is 46.5 Å². The first-order valence-corrected chi connectivity index (χ1v) is 13.5. The Morgan fingerprint density at radius 3 is 2.57 bits per heavy atom. The van der Waals surface area contributed by atoms with Crippen molar-refractivity contribution in [1.29, 1.82) is 0 Å². The zero-order valence-corrected chi connectivity index (χ0v) is 22.3. The molecule has 1 aromatic carbocycles. The molecule has 2 aromatic rings. The number of nitrogens with zero attached hydrogens (tertiary/aromatic N) is 3. The lowest BCUT2D eigenvalue weighted by molar-refractivity contribution is -0.155. The molecule has 8 nitrogen and oxygen atoms in total. The second-order valence-electron chi connectivity index (χ2n) is 11.6. The van der Waals surface area contributed by atoms with Crippen LogP contribution in [-0.2, 0) is 4.79 Å². The molecule has 6 rings (SSSR count). The molecule has 1 saturated heterocycles. The summed E-state index contributed by atoms with van der Waals surface area (Å²) in [6.07, 6.45) is 5.51. The van der Waals surface area contributed by atoms with Gasteiger partial charge >= 0.3 is 0 Å². The van der Waals surface area contributed by atoms with Gasteiger partial charge < -0.3 is 20.7 Å². The molecular weight excluding hydrogens is 471 g/mol. The normalized spacial score (nSPS) is 28.3. The Hall–Kier alpha value is -2.94. The van der Waals surface area contributed by atoms with Crippen molar-refractivity contribution in [3.05, 3.63) is 36.3 Å². The lowest BCUT2D eigenvalue weighted by Gasteiger charge is -2.66. The van der Waals surface area contributed by atoms with Crippen LogP contribution in [0.15, 0.2) is 30.5 Å². The summed E-state index contributed by atoms with van der Waals surface area (Å²) < 4.78 is 20.8. The first-order chi connectivity index (χ1) is 17.7. The summed E-state index contributed by atoms with van der Waals surface area (Å²) in [4.78, 5) is 23.8. The van der Waals surface area contributed by atoms with Crippen molar-refractivity contribution in [3.8, 4) is 5.75 Å². The number of amides is 1. The lowest BCUT2D eigenvalue weighted by Crippen LogP contribution is -2.69. The molecule has 3 N–H and O–H groups in total. The molecule has 0 spiro atoms. The summed E-state index contributed by atoms with van der Waals surface area (Å²) in [6.45, 7) is 10.4. The van der Waals surface area contributed by atoms with Gasteiger partial charge in [-0.15, -0.1) is 0 Å². The molecule has 9 heteroatoms. The summed E-state index contributed by atoms with van der Waals surface area (Å²) in [7, 11) is 1.66. The van der Waals surface area contributed by atoms with Crippen molar-refractivity contribution in [2.24, 2.45) is 23.2 Å². The molecule has 0 unspecified atom stereocenters. The summed E-state index contributed by atoms with van der Waals surface area (Å²) in [6, 6.07) is 7.60. The van der Waals surface area contributed by atoms with Crippen LogP contribution < -0.4 is 20.7 Å². The van der Waals surface area contributed by atoms with Gasteiger partial charge in [-0.05, 0) is 87.2 Å². The third kappa shape index (κ3) is 4.98. The molecule has 0 radical (unpaired) electrons. The maximum atomic E-state index is 14.9. The lowest BCUT2D eigenvalue weighted by atomic mass is 9.40. The van der Waals surface area contributed by atoms with Crippen LogP contribution >= 0.6 is 0 Å². The number of halogens is 1. The van der Waals surface area contributed by atoms with E-state index in [9.17, 15) is 9.18 Å². The van der Waals surface area contributed by atoms with E-state index >= 15 is 0 Å². The van der Waals surface area contributed by atoms with Gasteiger partial charge in [0.25, 0.3) is 0 Å². The molecule has 4 aliphatic rings. The molecular formula is C28H39FN6O2. The Kier molecular flexibility index (Phi) is 7.00. The summed E-state index contributed by atoms with van der Waals surface area (Å²) >= 11 is 0. The van der Waals surface area contributed by atoms with Crippen molar-refractivity contribution in [2.45, 2.75) is 52.0 Å². The molecule has 1 amide bonds. The molecule has 1 aromatic heterocycles. The van der Waals surface area contributed by atoms with E-state index in [2.05, 4.69) is 44.7 Å². The second kappa shape index (κ2) is 10.1. The van der Waals surface area contributed by atoms with Gasteiger partial charge in [-0.2, -0.15) is 4.98 Å². The first kappa shape index (κ1) is 25.7. The number of likely N-dealkylation sites (tertiary alicyclic amines) is 1. The Labute approximate surface area is 218 Å². The zero-order valence-electron chi connectivity index (χ0n) is 22.3. The minimum Gasteiger partial charge on any atom is -0.492 e. The Morgan fingerprint density at radius 2 is 1.89 bits per heavy atom. The Morgan fingerprint density at radius 1 is 1.16 bits per heavy atom. The smallest absolute Gasteiger partial charge is 0.229 e. The van der Waals surface area contributed by atoms with Crippen LogP contribution in [0.5, 0.6) is 5.75 Å². The van der Waals surface area contributed by atoms with E-state index in [1.165, 1.54) is 19.0 Å². The van der Waals surface area contributed by atoms with Crippen LogP contribution in [0.4, 0.5) is 21.8 Å². The van der Waals surface area contributed by atoms with Crippen molar-refractivity contribution < 1.29 is 13.9 Å². The number of nitrogens with one attached hydrogen (secondary N) is 3. The summed E-state index contributed by atoms with van der Waals surface area (Å²) in [5.74, 6) is 1.10. The van der Waals surface area contributed by atoms with Crippen LogP contribution in [0.2, 0.25) is 0 Å². The van der Waals surface area contributed by atoms with Crippen molar-refractivity contribution in [1.82, 2.24) is 20.2 Å². The first-order valence-electron chi connectivity index (χ1n) is 13.5. The Balaban J connectivity index is 1.26. The van der Waals surface area contributed by atoms with Crippen molar-refractivity contribution >= 4 is 23.4 Å². The number of hydrogen-bond acceptors (Lipinski definition) is 7. The molecule has 37 heavy (non-hydrogen) atoms. The van der Waals surface area contributed by atoms with Gasteiger partial charge in [-0.1, -0.05) is 13.8 Å². The highest BCUT2D eigenvalue weighted by atomic mass is 19.1. The van der Waals surface area contributed by atoms with E-state index in [4.69, 9.17) is 4.74 Å². The molecule has 200 valence electrons. The summed E-state index contributed by atoms with van der Waals surface area (Å²) in [5.41, 5.74) is 0.230. The third-order valence-electron chi connectivity index (χ3n) is 9.12. The zero-order chi connectivity index (χ0) is 26.2. The quantitative estimate of drug-likeness (QED) is 0.460. The minimum absolute atomic E-state index is 0.0178. The molecule has 2 heterocycles. The highest BCUT2D eigenvalue weighted by Crippen LogP contribution is 2.65. The molecule has 3 aliphatic carbocycles. The average molecular weight is 511 g/mol. The standard InChI is InChI=1S/C28H39FN6O2/c1-27(2)18-15-21(25(36)30-4)28(3,23(27)16-18)34-24-22(29)17-31-26(33-24)32-19-7-9-20(10-8-19)37-14-13-35-11-5-6-12-35/h7-10,17-18,21,23H,5-6,11-16H2,1-4H3,(H,30,36)(H2,31,32,33,34)/t18-,21-,23-,28+/m1/s1. The van der Waals surface area contributed by atoms with E-state index in [1.54, 1.807) is 7.05 Å². The molecule has 4 fully saturated rings. The highest BCUT2D eigenvalue weighted by Gasteiger charge is 2.64. The van der Waals surface area contributed by atoms with E-state index < -0.39 is 11.4 Å². The van der Waals surface area contributed by atoms with Crippen LogP contribution in [0.3, 0.4) is 0 Å². The van der Waals surface area contributed by atoms with E-state index in [-0.39, 0.29) is 34.9 Å². The van der Waals surface area contributed by atoms with Gasteiger partial charge in [0.1, 0.15) is 12.4 Å². The molecule has 4 atom stereocenters. The Bertz CT molecular complexity index is 1120. The van der Waals surface area contributed by atoms with E-state index in [1.807, 2.05) is 31.2 Å². The van der Waals surface area contributed by atoms with Crippen molar-refractivity contribution in [3.63, 3.8) is 0 Å². The third-order valence-corrected chi connectivity index (χ3v) is 9.12. The maximum absolute atomic E-state index is 14.9. The van der Waals surface area contributed by atoms with E-state index in [0.29, 0.717) is 12.5 Å². The minimum atomic E-state index is -0.626. The number of rotatable bonds is 9.